The molecule has 5 heteroatoms. The van der Waals surface area contributed by atoms with Crippen molar-refractivity contribution in [3.8, 4) is 0 Å². The molecule has 0 N–H and O–H groups in total. The minimum Gasteiger partial charge on any atom is -0.462 e. The van der Waals surface area contributed by atoms with Crippen LogP contribution < -0.4 is 0 Å². The molecule has 0 unspecified atom stereocenters. The summed E-state index contributed by atoms with van der Waals surface area (Å²) >= 11 is 0. The topological polar surface area (TPSA) is 59.0 Å². The molecule has 0 amide bonds. The Kier molecular flexibility index (Phi) is 3.46. The predicted octanol–water partition coefficient (Wildman–Crippen LogP) is 3.73. The number of ether oxygens (including phenoxy) is 1. The van der Waals surface area contributed by atoms with Crippen molar-refractivity contribution in [3.63, 3.8) is 0 Å². The molecule has 8 atom stereocenters. The van der Waals surface area contributed by atoms with E-state index in [1.807, 2.05) is 0 Å². The van der Waals surface area contributed by atoms with Crippen molar-refractivity contribution >= 4 is 18.0 Å². The fraction of sp³-hybridized carbons (Fsp3) is 0.792. The molecule has 6 rings (SSSR count). The quantitative estimate of drug-likeness (QED) is 0.501. The molecular weight excluding hydrogens is 364 g/mol. The number of fused-ring (bicyclic) bond motifs is 5. The summed E-state index contributed by atoms with van der Waals surface area (Å²) in [7, 11) is 0. The van der Waals surface area contributed by atoms with E-state index in [2.05, 4.69) is 36.2 Å². The summed E-state index contributed by atoms with van der Waals surface area (Å²) in [6, 6.07) is 0. The minimum atomic E-state index is -0.319. The van der Waals surface area contributed by atoms with Gasteiger partial charge in [0.05, 0.1) is 6.54 Å². The minimum absolute atomic E-state index is 0.0549. The number of hydrogen-bond donors (Lipinski definition) is 0. The molecule has 0 bridgehead atoms. The second kappa shape index (κ2) is 5.53. The molecule has 0 aromatic rings. The lowest BCUT2D eigenvalue weighted by molar-refractivity contribution is -0.171. The number of Topliss-reactive ketones (excluding diaryl/α,β-unsaturated/α-hetero) is 1. The lowest BCUT2D eigenvalue weighted by Gasteiger charge is -2.62. The molecule has 0 radical (unpaired) electrons. The van der Waals surface area contributed by atoms with Crippen LogP contribution in [0.15, 0.2) is 16.8 Å². The third kappa shape index (κ3) is 1.96. The Labute approximate surface area is 172 Å². The average Bonchev–Trinajstić information content (AvgIpc) is 3.12. The molecule has 6 aliphatic rings. The summed E-state index contributed by atoms with van der Waals surface area (Å²) in [5.74, 6) is 2.55. The average molecular weight is 397 g/mol. The van der Waals surface area contributed by atoms with Crippen LogP contribution in [0.25, 0.3) is 0 Å². The largest absolute Gasteiger partial charge is 0.462 e. The molecule has 0 aromatic carbocycles. The summed E-state index contributed by atoms with van der Waals surface area (Å²) in [5, 5.41) is 6.75. The standard InChI is InChI=1S/C24H32N2O3/c1-14(27)29-17-6-8-22(2)15(10-17)4-5-18-19(22)7-9-23(3)20(18)11-16-12-25-26-13-21(28)24(16,23)26/h4,12,16-20H,5-11,13H2,1-3H3/t16-,17+,18+,19-,20-,22+,23-,24-/m1/s1. The van der Waals surface area contributed by atoms with Crippen LogP contribution in [-0.2, 0) is 14.3 Å². The van der Waals surface area contributed by atoms with Crippen molar-refractivity contribution in [1.82, 2.24) is 5.01 Å². The van der Waals surface area contributed by atoms with Gasteiger partial charge in [-0.2, -0.15) is 5.10 Å². The first kappa shape index (κ1) is 18.1. The first-order chi connectivity index (χ1) is 13.8. The highest BCUT2D eigenvalue weighted by Crippen LogP contribution is 2.71. The van der Waals surface area contributed by atoms with Crippen LogP contribution in [0.2, 0.25) is 0 Å². The smallest absolute Gasteiger partial charge is 0.302 e. The Morgan fingerprint density at radius 2 is 2.07 bits per heavy atom. The van der Waals surface area contributed by atoms with Crippen LogP contribution in [0, 0.1) is 34.5 Å². The van der Waals surface area contributed by atoms with Crippen LogP contribution in [0.5, 0.6) is 0 Å². The highest BCUT2D eigenvalue weighted by Gasteiger charge is 2.77. The zero-order chi connectivity index (χ0) is 20.2. The van der Waals surface area contributed by atoms with Crippen molar-refractivity contribution in [2.45, 2.75) is 77.4 Å². The first-order valence-corrected chi connectivity index (χ1v) is 11.5. The fourth-order valence-corrected chi connectivity index (χ4v) is 8.97. The van der Waals surface area contributed by atoms with E-state index in [0.717, 1.165) is 38.5 Å². The molecule has 1 spiro atoms. The molecule has 156 valence electrons. The van der Waals surface area contributed by atoms with Gasteiger partial charge in [0, 0.05) is 30.9 Å². The van der Waals surface area contributed by atoms with E-state index < -0.39 is 0 Å². The summed E-state index contributed by atoms with van der Waals surface area (Å²) in [4.78, 5) is 24.4. The molecule has 0 aromatic heterocycles. The summed E-state index contributed by atoms with van der Waals surface area (Å²) in [6.07, 6.45) is 12.2. The Morgan fingerprint density at radius 1 is 1.24 bits per heavy atom. The van der Waals surface area contributed by atoms with E-state index >= 15 is 0 Å². The van der Waals surface area contributed by atoms with Gasteiger partial charge >= 0.3 is 5.97 Å². The van der Waals surface area contributed by atoms with Gasteiger partial charge in [0.15, 0.2) is 5.78 Å². The molecule has 1 saturated heterocycles. The van der Waals surface area contributed by atoms with Gasteiger partial charge in [0.1, 0.15) is 11.6 Å². The van der Waals surface area contributed by atoms with Gasteiger partial charge in [-0.3, -0.25) is 14.6 Å². The number of carbonyl (C=O) groups excluding carboxylic acids is 2. The van der Waals surface area contributed by atoms with E-state index in [4.69, 9.17) is 4.74 Å². The van der Waals surface area contributed by atoms with Gasteiger partial charge in [-0.15, -0.1) is 0 Å². The monoisotopic (exact) mass is 396 g/mol. The Balaban J connectivity index is 1.32. The number of rotatable bonds is 1. The fourth-order valence-electron chi connectivity index (χ4n) is 8.97. The third-order valence-electron chi connectivity index (χ3n) is 10.2. The number of allylic oxidation sites excluding steroid dienone is 1. The molecular formula is C24H32N2O3. The van der Waals surface area contributed by atoms with Crippen LogP contribution in [-0.4, -0.2) is 41.2 Å². The number of esters is 1. The maximum absolute atomic E-state index is 13.0. The second-order valence-corrected chi connectivity index (χ2v) is 11.0. The number of carbonyl (C=O) groups is 2. The molecule has 2 heterocycles. The zero-order valence-corrected chi connectivity index (χ0v) is 17.8. The van der Waals surface area contributed by atoms with Gasteiger partial charge in [-0.05, 0) is 61.7 Å². The van der Waals surface area contributed by atoms with E-state index in [-0.39, 0.29) is 28.4 Å². The van der Waals surface area contributed by atoms with Crippen molar-refractivity contribution in [3.05, 3.63) is 11.6 Å². The molecule has 5 nitrogen and oxygen atoms in total. The maximum Gasteiger partial charge on any atom is 0.302 e. The van der Waals surface area contributed by atoms with E-state index in [1.54, 1.807) is 0 Å². The maximum atomic E-state index is 13.0. The van der Waals surface area contributed by atoms with Gasteiger partial charge < -0.3 is 4.74 Å². The number of nitrogens with zero attached hydrogens (tertiary/aromatic N) is 2. The number of ketones is 1. The first-order valence-electron chi connectivity index (χ1n) is 11.5. The van der Waals surface area contributed by atoms with Crippen LogP contribution in [0.4, 0.5) is 0 Å². The lowest BCUT2D eigenvalue weighted by atomic mass is 9.45. The number of hydrogen-bond acceptors (Lipinski definition) is 5. The van der Waals surface area contributed by atoms with Crippen LogP contribution >= 0.6 is 0 Å². The van der Waals surface area contributed by atoms with Crippen molar-refractivity contribution in [2.75, 3.05) is 6.54 Å². The summed E-state index contributed by atoms with van der Waals surface area (Å²) in [6.45, 7) is 6.92. The molecule has 2 aliphatic heterocycles. The highest BCUT2D eigenvalue weighted by atomic mass is 16.5. The normalized spacial score (nSPS) is 51.8. The lowest BCUT2D eigenvalue weighted by Crippen LogP contribution is -2.73. The van der Waals surface area contributed by atoms with E-state index in [0.29, 0.717) is 36.0 Å². The SMILES string of the molecule is CC(=O)O[C@H]1CC[C@@]2(C)C(=CC[C@H]3[C@H]2CC[C@]2(C)[C@@H]3C[C@@H]3C=NN4CC(=O)[C@@]342)C1. The number of hydrazone groups is 1. The zero-order valence-electron chi connectivity index (χ0n) is 17.8. The van der Waals surface area contributed by atoms with Crippen molar-refractivity contribution in [1.29, 1.82) is 0 Å². The molecule has 29 heavy (non-hydrogen) atoms. The summed E-state index contributed by atoms with van der Waals surface area (Å²) in [5.41, 5.74) is 1.49. The predicted molar refractivity (Wildman–Crippen MR) is 109 cm³/mol. The van der Waals surface area contributed by atoms with Crippen molar-refractivity contribution < 1.29 is 14.3 Å². The Hall–Kier alpha value is -1.65. The summed E-state index contributed by atoms with van der Waals surface area (Å²) < 4.78 is 5.56. The van der Waals surface area contributed by atoms with E-state index in [9.17, 15) is 9.59 Å². The second-order valence-electron chi connectivity index (χ2n) is 11.0. The Morgan fingerprint density at radius 3 is 2.83 bits per heavy atom. The third-order valence-corrected chi connectivity index (χ3v) is 10.2. The highest BCUT2D eigenvalue weighted by molar-refractivity contribution is 6.02. The van der Waals surface area contributed by atoms with Crippen LogP contribution in [0.3, 0.4) is 0 Å². The Bertz CT molecular complexity index is 864. The molecule has 4 fully saturated rings. The molecule has 4 aliphatic carbocycles. The van der Waals surface area contributed by atoms with Crippen LogP contribution in [0.1, 0.15) is 65.7 Å². The van der Waals surface area contributed by atoms with E-state index in [1.165, 1.54) is 18.9 Å². The van der Waals surface area contributed by atoms with Crippen molar-refractivity contribution in [2.24, 2.45) is 39.6 Å². The van der Waals surface area contributed by atoms with Gasteiger partial charge in [-0.1, -0.05) is 25.5 Å². The van der Waals surface area contributed by atoms with Gasteiger partial charge in [0.2, 0.25) is 0 Å². The van der Waals surface area contributed by atoms with Gasteiger partial charge in [-0.25, -0.2) is 0 Å². The molecule has 3 saturated carbocycles. The van der Waals surface area contributed by atoms with Gasteiger partial charge in [0.25, 0.3) is 0 Å².